The van der Waals surface area contributed by atoms with Crippen LogP contribution in [0.15, 0.2) is 59.1 Å². The number of hydrogen-bond acceptors (Lipinski definition) is 3. The SMILES string of the molecule is Cc1ccc(-c2ccc3oc4cc(C#N)ccc4c3c2)nc1. The molecule has 0 unspecified atom stereocenters. The highest BCUT2D eigenvalue weighted by Crippen LogP contribution is 2.32. The number of hydrogen-bond donors (Lipinski definition) is 0. The van der Waals surface area contributed by atoms with Crippen molar-refractivity contribution in [2.45, 2.75) is 6.92 Å². The Morgan fingerprint density at radius 3 is 2.64 bits per heavy atom. The van der Waals surface area contributed by atoms with Crippen molar-refractivity contribution in [3.8, 4) is 17.3 Å². The first kappa shape index (κ1) is 12.6. The average Bonchev–Trinajstić information content (AvgIpc) is 2.92. The molecule has 2 aromatic carbocycles. The minimum Gasteiger partial charge on any atom is -0.456 e. The molecule has 0 fully saturated rings. The first-order valence-corrected chi connectivity index (χ1v) is 7.04. The number of benzene rings is 2. The molecule has 22 heavy (non-hydrogen) atoms. The lowest BCUT2D eigenvalue weighted by atomic mass is 10.1. The number of rotatable bonds is 1. The Kier molecular flexibility index (Phi) is 2.70. The van der Waals surface area contributed by atoms with E-state index in [1.165, 1.54) is 0 Å². The Balaban J connectivity index is 1.95. The van der Waals surface area contributed by atoms with Crippen molar-refractivity contribution in [3.63, 3.8) is 0 Å². The standard InChI is InChI=1S/C19H12N2O/c1-12-2-6-17(21-11-12)14-4-7-18-16(9-14)15-5-3-13(10-20)8-19(15)22-18/h2-9,11H,1H3. The molecule has 3 heteroatoms. The lowest BCUT2D eigenvalue weighted by molar-refractivity contribution is 0.669. The van der Waals surface area contributed by atoms with Gasteiger partial charge in [0.15, 0.2) is 0 Å². The highest BCUT2D eigenvalue weighted by molar-refractivity contribution is 6.06. The Labute approximate surface area is 127 Å². The van der Waals surface area contributed by atoms with Gasteiger partial charge >= 0.3 is 0 Å². The van der Waals surface area contributed by atoms with E-state index in [0.717, 1.165) is 38.8 Å². The van der Waals surface area contributed by atoms with Crippen molar-refractivity contribution in [2.75, 3.05) is 0 Å². The first-order valence-electron chi connectivity index (χ1n) is 7.04. The smallest absolute Gasteiger partial charge is 0.136 e. The summed E-state index contributed by atoms with van der Waals surface area (Å²) in [6, 6.07) is 17.8. The summed E-state index contributed by atoms with van der Waals surface area (Å²) in [5.74, 6) is 0. The van der Waals surface area contributed by atoms with Crippen molar-refractivity contribution in [1.82, 2.24) is 4.98 Å². The van der Waals surface area contributed by atoms with Gasteiger partial charge < -0.3 is 4.42 Å². The van der Waals surface area contributed by atoms with Crippen molar-refractivity contribution >= 4 is 21.9 Å². The maximum absolute atomic E-state index is 8.99. The van der Waals surface area contributed by atoms with Gasteiger partial charge in [-0.15, -0.1) is 0 Å². The third-order valence-electron chi connectivity index (χ3n) is 3.81. The van der Waals surface area contributed by atoms with E-state index in [2.05, 4.69) is 23.2 Å². The monoisotopic (exact) mass is 284 g/mol. The maximum Gasteiger partial charge on any atom is 0.136 e. The fourth-order valence-corrected chi connectivity index (χ4v) is 2.64. The topological polar surface area (TPSA) is 49.8 Å². The fourth-order valence-electron chi connectivity index (χ4n) is 2.64. The maximum atomic E-state index is 8.99. The predicted octanol–water partition coefficient (Wildman–Crippen LogP) is 4.83. The Morgan fingerprint density at radius 1 is 0.955 bits per heavy atom. The molecule has 0 saturated carbocycles. The summed E-state index contributed by atoms with van der Waals surface area (Å²) < 4.78 is 5.83. The molecule has 0 amide bonds. The van der Waals surface area contributed by atoms with Crippen LogP contribution < -0.4 is 0 Å². The number of furan rings is 1. The van der Waals surface area contributed by atoms with E-state index in [9.17, 15) is 0 Å². The highest BCUT2D eigenvalue weighted by atomic mass is 16.3. The van der Waals surface area contributed by atoms with Gasteiger partial charge in [-0.25, -0.2) is 0 Å². The normalized spacial score (nSPS) is 10.9. The van der Waals surface area contributed by atoms with Gasteiger partial charge in [0, 0.05) is 22.5 Å². The Bertz CT molecular complexity index is 1040. The minimum atomic E-state index is 0.604. The van der Waals surface area contributed by atoms with Crippen molar-refractivity contribution in [3.05, 3.63) is 65.9 Å². The van der Waals surface area contributed by atoms with Gasteiger partial charge in [0.05, 0.1) is 17.3 Å². The van der Waals surface area contributed by atoms with Crippen LogP contribution in [0.2, 0.25) is 0 Å². The molecule has 0 saturated heterocycles. The lowest BCUT2D eigenvalue weighted by Crippen LogP contribution is -1.83. The van der Waals surface area contributed by atoms with E-state index >= 15 is 0 Å². The molecular formula is C19H12N2O. The van der Waals surface area contributed by atoms with E-state index in [4.69, 9.17) is 9.68 Å². The number of nitrogens with zero attached hydrogens (tertiary/aromatic N) is 2. The molecule has 0 aliphatic carbocycles. The molecule has 0 aliphatic rings. The summed E-state index contributed by atoms with van der Waals surface area (Å²) in [5.41, 5.74) is 5.30. The van der Waals surface area contributed by atoms with Crippen LogP contribution in [0.5, 0.6) is 0 Å². The summed E-state index contributed by atoms with van der Waals surface area (Å²) in [4.78, 5) is 4.47. The number of pyridine rings is 1. The molecule has 2 aromatic heterocycles. The fraction of sp³-hybridized carbons (Fsp3) is 0.0526. The van der Waals surface area contributed by atoms with E-state index < -0.39 is 0 Å². The van der Waals surface area contributed by atoms with Crippen LogP contribution in [0.25, 0.3) is 33.2 Å². The van der Waals surface area contributed by atoms with E-state index in [1.54, 1.807) is 6.07 Å². The molecule has 4 rings (SSSR count). The second kappa shape index (κ2) is 4.71. The zero-order chi connectivity index (χ0) is 15.1. The third kappa shape index (κ3) is 1.94. The van der Waals surface area contributed by atoms with Crippen molar-refractivity contribution < 1.29 is 4.42 Å². The molecular weight excluding hydrogens is 272 g/mol. The van der Waals surface area contributed by atoms with Crippen LogP contribution in [0, 0.1) is 18.3 Å². The van der Waals surface area contributed by atoms with Gasteiger partial charge in [0.2, 0.25) is 0 Å². The van der Waals surface area contributed by atoms with Gasteiger partial charge in [0.25, 0.3) is 0 Å². The van der Waals surface area contributed by atoms with Crippen molar-refractivity contribution in [2.24, 2.45) is 0 Å². The van der Waals surface area contributed by atoms with Crippen LogP contribution in [0.4, 0.5) is 0 Å². The Morgan fingerprint density at radius 2 is 1.86 bits per heavy atom. The Hall–Kier alpha value is -3.12. The van der Waals surface area contributed by atoms with Crippen LogP contribution >= 0.6 is 0 Å². The number of aromatic nitrogens is 1. The quantitative estimate of drug-likeness (QED) is 0.503. The summed E-state index contributed by atoms with van der Waals surface area (Å²) in [5, 5.41) is 11.0. The first-order chi connectivity index (χ1) is 10.7. The average molecular weight is 284 g/mol. The number of aryl methyl sites for hydroxylation is 1. The summed E-state index contributed by atoms with van der Waals surface area (Å²) in [7, 11) is 0. The summed E-state index contributed by atoms with van der Waals surface area (Å²) in [6.07, 6.45) is 1.87. The zero-order valence-corrected chi connectivity index (χ0v) is 12.0. The second-order valence-electron chi connectivity index (χ2n) is 5.36. The lowest BCUT2D eigenvalue weighted by Gasteiger charge is -2.01. The van der Waals surface area contributed by atoms with Gasteiger partial charge in [-0.3, -0.25) is 4.98 Å². The van der Waals surface area contributed by atoms with E-state index in [0.29, 0.717) is 5.56 Å². The largest absolute Gasteiger partial charge is 0.456 e. The molecule has 3 nitrogen and oxygen atoms in total. The molecule has 0 aliphatic heterocycles. The molecule has 0 radical (unpaired) electrons. The van der Waals surface area contributed by atoms with Crippen LogP contribution in [0.1, 0.15) is 11.1 Å². The van der Waals surface area contributed by atoms with E-state index in [1.807, 2.05) is 43.5 Å². The van der Waals surface area contributed by atoms with Crippen LogP contribution in [0.3, 0.4) is 0 Å². The molecule has 0 bridgehead atoms. The number of nitriles is 1. The van der Waals surface area contributed by atoms with Crippen molar-refractivity contribution in [1.29, 1.82) is 5.26 Å². The summed E-state index contributed by atoms with van der Waals surface area (Å²) >= 11 is 0. The predicted molar refractivity (Wildman–Crippen MR) is 86.4 cm³/mol. The second-order valence-corrected chi connectivity index (χ2v) is 5.36. The van der Waals surface area contributed by atoms with E-state index in [-0.39, 0.29) is 0 Å². The van der Waals surface area contributed by atoms with Crippen LogP contribution in [-0.4, -0.2) is 4.98 Å². The molecule has 0 atom stereocenters. The molecule has 4 aromatic rings. The highest BCUT2D eigenvalue weighted by Gasteiger charge is 2.09. The van der Waals surface area contributed by atoms with Gasteiger partial charge in [-0.05, 0) is 55.0 Å². The number of fused-ring (bicyclic) bond motifs is 3. The van der Waals surface area contributed by atoms with Gasteiger partial charge in [0.1, 0.15) is 11.2 Å². The summed E-state index contributed by atoms with van der Waals surface area (Å²) in [6.45, 7) is 2.02. The van der Waals surface area contributed by atoms with Gasteiger partial charge in [-0.1, -0.05) is 6.07 Å². The minimum absolute atomic E-state index is 0.604. The van der Waals surface area contributed by atoms with Crippen LogP contribution in [-0.2, 0) is 0 Å². The molecule has 0 spiro atoms. The molecule has 2 heterocycles. The third-order valence-corrected chi connectivity index (χ3v) is 3.81. The molecule has 104 valence electrons. The van der Waals surface area contributed by atoms with Gasteiger partial charge in [-0.2, -0.15) is 5.26 Å². The molecule has 0 N–H and O–H groups in total. The zero-order valence-electron chi connectivity index (χ0n) is 12.0.